The van der Waals surface area contributed by atoms with Crippen molar-refractivity contribution in [2.75, 3.05) is 13.2 Å². The highest BCUT2D eigenvalue weighted by Gasteiger charge is 2.32. The van der Waals surface area contributed by atoms with E-state index in [4.69, 9.17) is 15.5 Å². The number of ether oxygens (including phenoxy) is 1. The quantitative estimate of drug-likeness (QED) is 0.892. The fraction of sp³-hybridized carbons (Fsp3) is 0.786. The molecule has 2 atom stereocenters. The molecule has 2 unspecified atom stereocenters. The third-order valence-corrected chi connectivity index (χ3v) is 5.32. The molecule has 3 nitrogen and oxygen atoms in total. The summed E-state index contributed by atoms with van der Waals surface area (Å²) in [6, 6.07) is 0. The minimum Gasteiger partial charge on any atom is -0.368 e. The van der Waals surface area contributed by atoms with E-state index in [-0.39, 0.29) is 5.60 Å². The normalized spacial score (nSPS) is 22.6. The van der Waals surface area contributed by atoms with Gasteiger partial charge in [0.2, 0.25) is 0 Å². The molecule has 0 radical (unpaired) electrons. The lowest BCUT2D eigenvalue weighted by molar-refractivity contribution is -0.0325. The maximum Gasteiger partial charge on any atom is 0.125 e. The van der Waals surface area contributed by atoms with Gasteiger partial charge < -0.3 is 10.5 Å². The highest BCUT2D eigenvalue weighted by Crippen LogP contribution is 2.39. The predicted octanol–water partition coefficient (Wildman–Crippen LogP) is 3.18. The van der Waals surface area contributed by atoms with Crippen molar-refractivity contribution in [1.29, 1.82) is 0 Å². The summed E-state index contributed by atoms with van der Waals surface area (Å²) in [5.41, 5.74) is 6.89. The topological polar surface area (TPSA) is 48.1 Å². The highest BCUT2D eigenvalue weighted by molar-refractivity contribution is 7.11. The van der Waals surface area contributed by atoms with Crippen LogP contribution in [0.25, 0.3) is 0 Å². The first-order chi connectivity index (χ1) is 8.64. The van der Waals surface area contributed by atoms with Crippen molar-refractivity contribution in [2.45, 2.75) is 58.0 Å². The van der Waals surface area contributed by atoms with Crippen molar-refractivity contribution in [2.24, 2.45) is 5.73 Å². The van der Waals surface area contributed by atoms with E-state index in [9.17, 15) is 0 Å². The molecule has 0 fully saturated rings. The van der Waals surface area contributed by atoms with Crippen LogP contribution in [0.2, 0.25) is 0 Å². The summed E-state index contributed by atoms with van der Waals surface area (Å²) in [4.78, 5) is 6.31. The van der Waals surface area contributed by atoms with Gasteiger partial charge in [-0.15, -0.1) is 11.3 Å². The number of hydrogen-bond acceptors (Lipinski definition) is 4. The second kappa shape index (κ2) is 5.68. The Kier molecular flexibility index (Phi) is 4.41. The Morgan fingerprint density at radius 2 is 2.28 bits per heavy atom. The van der Waals surface area contributed by atoms with Gasteiger partial charge in [0.25, 0.3) is 0 Å². The van der Waals surface area contributed by atoms with Crippen LogP contribution in [0.3, 0.4) is 0 Å². The summed E-state index contributed by atoms with van der Waals surface area (Å²) < 4.78 is 5.93. The molecule has 0 saturated heterocycles. The zero-order valence-electron chi connectivity index (χ0n) is 11.7. The molecule has 0 bridgehead atoms. The molecule has 102 valence electrons. The predicted molar refractivity (Wildman–Crippen MR) is 76.1 cm³/mol. The molecule has 2 N–H and O–H groups in total. The van der Waals surface area contributed by atoms with Crippen LogP contribution < -0.4 is 5.73 Å². The van der Waals surface area contributed by atoms with E-state index >= 15 is 0 Å². The molecule has 1 aliphatic carbocycles. The van der Waals surface area contributed by atoms with Crippen LogP contribution in [-0.2, 0) is 16.8 Å². The van der Waals surface area contributed by atoms with Crippen molar-refractivity contribution < 1.29 is 4.74 Å². The Morgan fingerprint density at radius 1 is 1.50 bits per heavy atom. The van der Waals surface area contributed by atoms with Gasteiger partial charge in [0.05, 0.1) is 5.69 Å². The standard InChI is InChI=1S/C14H24N2OS/c1-4-14(3,17-5-2)13-16-12-10(9-15)7-6-8-11(12)18-13/h10H,4-9,15H2,1-3H3. The van der Waals surface area contributed by atoms with Gasteiger partial charge in [-0.05, 0) is 39.5 Å². The lowest BCUT2D eigenvalue weighted by Gasteiger charge is -2.25. The van der Waals surface area contributed by atoms with Gasteiger partial charge >= 0.3 is 0 Å². The number of rotatable bonds is 5. The fourth-order valence-electron chi connectivity index (χ4n) is 2.60. The van der Waals surface area contributed by atoms with Crippen LogP contribution in [0.5, 0.6) is 0 Å². The fourth-order valence-corrected chi connectivity index (χ4v) is 3.96. The van der Waals surface area contributed by atoms with Gasteiger partial charge in [-0.1, -0.05) is 6.92 Å². The Morgan fingerprint density at radius 3 is 2.89 bits per heavy atom. The average Bonchev–Trinajstić information content (AvgIpc) is 2.83. The van der Waals surface area contributed by atoms with Crippen LogP contribution in [0.1, 0.15) is 61.5 Å². The molecular weight excluding hydrogens is 244 g/mol. The molecular formula is C14H24N2OS. The monoisotopic (exact) mass is 268 g/mol. The molecule has 0 amide bonds. The van der Waals surface area contributed by atoms with E-state index in [0.717, 1.165) is 24.5 Å². The largest absolute Gasteiger partial charge is 0.368 e. The number of hydrogen-bond donors (Lipinski definition) is 1. The first kappa shape index (κ1) is 14.0. The average molecular weight is 268 g/mol. The summed E-state index contributed by atoms with van der Waals surface area (Å²) in [6.07, 6.45) is 4.55. The second-order valence-electron chi connectivity index (χ2n) is 5.17. The summed E-state index contributed by atoms with van der Waals surface area (Å²) in [7, 11) is 0. The smallest absolute Gasteiger partial charge is 0.125 e. The molecule has 4 heteroatoms. The number of aryl methyl sites for hydroxylation is 1. The van der Waals surface area contributed by atoms with E-state index < -0.39 is 0 Å². The molecule has 18 heavy (non-hydrogen) atoms. The first-order valence-electron chi connectivity index (χ1n) is 6.98. The number of thiazole rings is 1. The van der Waals surface area contributed by atoms with Crippen LogP contribution in [0.4, 0.5) is 0 Å². The van der Waals surface area contributed by atoms with E-state index in [1.54, 1.807) is 0 Å². The minimum absolute atomic E-state index is 0.226. The Bertz CT molecular complexity index is 404. The third-order valence-electron chi connectivity index (χ3n) is 3.95. The van der Waals surface area contributed by atoms with Gasteiger partial charge in [0.15, 0.2) is 0 Å². The summed E-state index contributed by atoms with van der Waals surface area (Å²) in [5, 5.41) is 1.14. The number of nitrogens with zero attached hydrogens (tertiary/aromatic N) is 1. The molecule has 0 spiro atoms. The number of nitrogens with two attached hydrogens (primary N) is 1. The second-order valence-corrected chi connectivity index (χ2v) is 6.25. The minimum atomic E-state index is -0.226. The maximum absolute atomic E-state index is 5.93. The molecule has 0 aliphatic heterocycles. The number of fused-ring (bicyclic) bond motifs is 1. The van der Waals surface area contributed by atoms with Gasteiger partial charge in [0, 0.05) is 23.9 Å². The summed E-state index contributed by atoms with van der Waals surface area (Å²) in [6.45, 7) is 7.81. The van der Waals surface area contributed by atoms with Gasteiger partial charge in [0.1, 0.15) is 10.6 Å². The van der Waals surface area contributed by atoms with E-state index in [2.05, 4.69) is 13.8 Å². The van der Waals surface area contributed by atoms with Gasteiger partial charge in [-0.3, -0.25) is 0 Å². The van der Waals surface area contributed by atoms with Crippen molar-refractivity contribution in [3.05, 3.63) is 15.6 Å². The lowest BCUT2D eigenvalue weighted by atomic mass is 9.91. The molecule has 2 rings (SSSR count). The first-order valence-corrected chi connectivity index (χ1v) is 7.80. The van der Waals surface area contributed by atoms with Crippen LogP contribution in [0, 0.1) is 0 Å². The Hall–Kier alpha value is -0.450. The maximum atomic E-state index is 5.93. The molecule has 0 aromatic carbocycles. The van der Waals surface area contributed by atoms with Gasteiger partial charge in [-0.25, -0.2) is 4.98 Å². The summed E-state index contributed by atoms with van der Waals surface area (Å²) in [5.74, 6) is 0.460. The third kappa shape index (κ3) is 2.46. The molecule has 1 aromatic rings. The van der Waals surface area contributed by atoms with Crippen molar-refractivity contribution in [1.82, 2.24) is 4.98 Å². The zero-order chi connectivity index (χ0) is 13.2. The molecule has 0 saturated carbocycles. The van der Waals surface area contributed by atoms with E-state index in [1.807, 2.05) is 18.3 Å². The van der Waals surface area contributed by atoms with E-state index in [0.29, 0.717) is 12.5 Å². The van der Waals surface area contributed by atoms with Gasteiger partial charge in [-0.2, -0.15) is 0 Å². The Labute approximate surface area is 114 Å². The molecule has 1 heterocycles. The van der Waals surface area contributed by atoms with Crippen LogP contribution in [0.15, 0.2) is 0 Å². The zero-order valence-corrected chi connectivity index (χ0v) is 12.5. The highest BCUT2D eigenvalue weighted by atomic mass is 32.1. The summed E-state index contributed by atoms with van der Waals surface area (Å²) >= 11 is 1.83. The van der Waals surface area contributed by atoms with Crippen molar-refractivity contribution >= 4 is 11.3 Å². The van der Waals surface area contributed by atoms with Crippen LogP contribution in [-0.4, -0.2) is 18.1 Å². The van der Waals surface area contributed by atoms with Crippen molar-refractivity contribution in [3.63, 3.8) is 0 Å². The van der Waals surface area contributed by atoms with Crippen molar-refractivity contribution in [3.8, 4) is 0 Å². The van der Waals surface area contributed by atoms with Crippen LogP contribution >= 0.6 is 11.3 Å². The lowest BCUT2D eigenvalue weighted by Crippen LogP contribution is -2.25. The molecule has 1 aromatic heterocycles. The van der Waals surface area contributed by atoms with E-state index in [1.165, 1.54) is 23.4 Å². The SMILES string of the molecule is CCOC(C)(CC)c1nc2c(s1)CCCC2CN. The molecule has 1 aliphatic rings. The Balaban J connectivity index is 2.33. The number of aromatic nitrogens is 1.